The minimum Gasteiger partial charge on any atom is -0.309 e. The predicted molar refractivity (Wildman–Crippen MR) is 74.8 cm³/mol. The second kappa shape index (κ2) is 5.59. The van der Waals surface area contributed by atoms with Crippen LogP contribution in [0.15, 0.2) is 6.33 Å². The van der Waals surface area contributed by atoms with E-state index in [1.54, 1.807) is 6.33 Å². The number of hydrogen-bond donors (Lipinski definition) is 1. The van der Waals surface area contributed by atoms with Crippen molar-refractivity contribution in [3.63, 3.8) is 0 Å². The summed E-state index contributed by atoms with van der Waals surface area (Å²) in [6, 6.07) is 0. The molecule has 0 aromatic carbocycles. The molecule has 19 heavy (non-hydrogen) atoms. The normalized spacial score (nSPS) is 23.8. The number of hydrogen-bond acceptors (Lipinski definition) is 4. The maximum atomic E-state index is 4.40. The maximum absolute atomic E-state index is 4.40. The minimum atomic E-state index is 0.383. The molecule has 5 heteroatoms. The highest BCUT2D eigenvalue weighted by atomic mass is 15.4. The Morgan fingerprint density at radius 3 is 2.95 bits per heavy atom. The summed E-state index contributed by atoms with van der Waals surface area (Å²) in [6.45, 7) is 7.38. The van der Waals surface area contributed by atoms with Crippen molar-refractivity contribution in [3.8, 4) is 0 Å². The van der Waals surface area contributed by atoms with E-state index in [9.17, 15) is 0 Å². The van der Waals surface area contributed by atoms with Crippen molar-refractivity contribution < 1.29 is 0 Å². The van der Waals surface area contributed by atoms with Crippen molar-refractivity contribution >= 4 is 0 Å². The molecule has 1 aliphatic carbocycles. The first-order valence-electron chi connectivity index (χ1n) is 7.65. The van der Waals surface area contributed by atoms with Gasteiger partial charge in [0.25, 0.3) is 0 Å². The molecule has 1 aliphatic heterocycles. The van der Waals surface area contributed by atoms with Crippen LogP contribution in [0.5, 0.6) is 0 Å². The second-order valence-corrected chi connectivity index (χ2v) is 5.97. The van der Waals surface area contributed by atoms with Crippen molar-refractivity contribution in [2.24, 2.45) is 0 Å². The molecular formula is C14H25N5. The van der Waals surface area contributed by atoms with Crippen molar-refractivity contribution in [1.82, 2.24) is 25.0 Å². The Balaban J connectivity index is 1.65. The number of nitrogens with one attached hydrogen (secondary N) is 1. The molecule has 1 N–H and O–H groups in total. The Labute approximate surface area is 115 Å². The molecule has 1 saturated heterocycles. The van der Waals surface area contributed by atoms with Crippen LogP contribution in [0.1, 0.15) is 44.9 Å². The van der Waals surface area contributed by atoms with E-state index in [1.807, 2.05) is 4.68 Å². The number of piperazine rings is 1. The van der Waals surface area contributed by atoms with E-state index < -0.39 is 0 Å². The van der Waals surface area contributed by atoms with Gasteiger partial charge < -0.3 is 5.32 Å². The van der Waals surface area contributed by atoms with E-state index >= 15 is 0 Å². The highest BCUT2D eigenvalue weighted by molar-refractivity contribution is 4.98. The van der Waals surface area contributed by atoms with Crippen molar-refractivity contribution in [2.75, 3.05) is 19.6 Å². The Morgan fingerprint density at radius 1 is 1.32 bits per heavy atom. The van der Waals surface area contributed by atoms with Gasteiger partial charge in [-0.25, -0.2) is 9.67 Å². The van der Waals surface area contributed by atoms with Gasteiger partial charge in [0.2, 0.25) is 0 Å². The summed E-state index contributed by atoms with van der Waals surface area (Å²) in [4.78, 5) is 6.96. The van der Waals surface area contributed by atoms with Crippen LogP contribution in [-0.2, 0) is 13.1 Å². The van der Waals surface area contributed by atoms with Gasteiger partial charge in [0, 0.05) is 31.7 Å². The van der Waals surface area contributed by atoms with Crippen LogP contribution in [0.4, 0.5) is 0 Å². The van der Waals surface area contributed by atoms with Gasteiger partial charge in [0.15, 0.2) is 0 Å². The molecule has 1 aromatic rings. The van der Waals surface area contributed by atoms with E-state index in [0.29, 0.717) is 5.54 Å². The molecule has 2 aliphatic rings. The third-order valence-electron chi connectivity index (χ3n) is 4.63. The molecule has 3 rings (SSSR count). The summed E-state index contributed by atoms with van der Waals surface area (Å²) < 4.78 is 2.01. The summed E-state index contributed by atoms with van der Waals surface area (Å²) in [5, 5.41) is 8.06. The van der Waals surface area contributed by atoms with Crippen LogP contribution in [0.3, 0.4) is 0 Å². The van der Waals surface area contributed by atoms with Gasteiger partial charge >= 0.3 is 0 Å². The van der Waals surface area contributed by atoms with E-state index in [0.717, 1.165) is 32.0 Å². The number of nitrogens with zero attached hydrogens (tertiary/aromatic N) is 4. The number of rotatable bonds is 3. The fourth-order valence-electron chi connectivity index (χ4n) is 3.62. The van der Waals surface area contributed by atoms with Gasteiger partial charge in [-0.3, -0.25) is 4.90 Å². The number of aryl methyl sites for hydroxylation is 1. The van der Waals surface area contributed by atoms with E-state index in [2.05, 4.69) is 27.2 Å². The van der Waals surface area contributed by atoms with Crippen LogP contribution < -0.4 is 5.32 Å². The summed E-state index contributed by atoms with van der Waals surface area (Å²) in [5.41, 5.74) is 0.383. The number of aromatic nitrogens is 3. The Kier molecular flexibility index (Phi) is 3.84. The molecule has 0 radical (unpaired) electrons. The molecule has 106 valence electrons. The zero-order valence-electron chi connectivity index (χ0n) is 11.9. The molecule has 5 nitrogen and oxygen atoms in total. The van der Waals surface area contributed by atoms with Crippen LogP contribution >= 0.6 is 0 Å². The monoisotopic (exact) mass is 263 g/mol. The largest absolute Gasteiger partial charge is 0.309 e. The Morgan fingerprint density at radius 2 is 2.16 bits per heavy atom. The molecule has 0 atom stereocenters. The van der Waals surface area contributed by atoms with Crippen LogP contribution in [0.2, 0.25) is 0 Å². The molecule has 0 bridgehead atoms. The molecule has 1 aromatic heterocycles. The molecule has 2 fully saturated rings. The Hall–Kier alpha value is -0.940. The maximum Gasteiger partial charge on any atom is 0.140 e. The highest BCUT2D eigenvalue weighted by Gasteiger charge is 2.36. The Bertz CT molecular complexity index is 402. The second-order valence-electron chi connectivity index (χ2n) is 5.97. The standard InChI is InChI=1S/C14H25N5/c1-2-19-13(15-12-17-19)10-18-9-8-16-14(11-18)6-4-3-5-7-14/h12,16H,2-11H2,1H3. The quantitative estimate of drug-likeness (QED) is 0.895. The average molecular weight is 263 g/mol. The zero-order valence-corrected chi connectivity index (χ0v) is 11.9. The summed E-state index contributed by atoms with van der Waals surface area (Å²) in [5.74, 6) is 1.11. The van der Waals surface area contributed by atoms with Crippen molar-refractivity contribution in [3.05, 3.63) is 12.2 Å². The summed E-state index contributed by atoms with van der Waals surface area (Å²) in [7, 11) is 0. The van der Waals surface area contributed by atoms with E-state index in [-0.39, 0.29) is 0 Å². The van der Waals surface area contributed by atoms with Gasteiger partial charge in [0.05, 0.1) is 6.54 Å². The van der Waals surface area contributed by atoms with Crippen LogP contribution in [-0.4, -0.2) is 44.8 Å². The highest BCUT2D eigenvalue weighted by Crippen LogP contribution is 2.30. The zero-order chi connectivity index (χ0) is 13.1. The first-order valence-corrected chi connectivity index (χ1v) is 7.65. The third-order valence-corrected chi connectivity index (χ3v) is 4.63. The SMILES string of the molecule is CCn1ncnc1CN1CCNC2(CCCCC2)C1. The lowest BCUT2D eigenvalue weighted by atomic mass is 9.80. The topological polar surface area (TPSA) is 46.0 Å². The summed E-state index contributed by atoms with van der Waals surface area (Å²) in [6.07, 6.45) is 8.52. The van der Waals surface area contributed by atoms with Crippen LogP contribution in [0, 0.1) is 0 Å². The first-order chi connectivity index (χ1) is 9.31. The summed E-state index contributed by atoms with van der Waals surface area (Å²) >= 11 is 0. The lowest BCUT2D eigenvalue weighted by Crippen LogP contribution is -2.60. The average Bonchev–Trinajstić information content (AvgIpc) is 2.87. The first kappa shape index (κ1) is 13.1. The smallest absolute Gasteiger partial charge is 0.140 e. The molecule has 0 amide bonds. The lowest BCUT2D eigenvalue weighted by Gasteiger charge is -2.46. The van der Waals surface area contributed by atoms with Gasteiger partial charge in [-0.1, -0.05) is 19.3 Å². The molecule has 0 unspecified atom stereocenters. The van der Waals surface area contributed by atoms with Gasteiger partial charge in [-0.05, 0) is 19.8 Å². The van der Waals surface area contributed by atoms with Gasteiger partial charge in [-0.15, -0.1) is 0 Å². The van der Waals surface area contributed by atoms with E-state index in [1.165, 1.54) is 38.6 Å². The van der Waals surface area contributed by atoms with Crippen molar-refractivity contribution in [2.45, 2.75) is 57.7 Å². The lowest BCUT2D eigenvalue weighted by molar-refractivity contribution is 0.0916. The molecular weight excluding hydrogens is 238 g/mol. The molecule has 1 saturated carbocycles. The molecule has 1 spiro atoms. The fourth-order valence-corrected chi connectivity index (χ4v) is 3.62. The van der Waals surface area contributed by atoms with E-state index in [4.69, 9.17) is 0 Å². The molecule has 2 heterocycles. The van der Waals surface area contributed by atoms with Crippen molar-refractivity contribution in [1.29, 1.82) is 0 Å². The van der Waals surface area contributed by atoms with Crippen LogP contribution in [0.25, 0.3) is 0 Å². The van der Waals surface area contributed by atoms with Gasteiger partial charge in [-0.2, -0.15) is 5.10 Å². The minimum absolute atomic E-state index is 0.383. The third kappa shape index (κ3) is 2.82. The predicted octanol–water partition coefficient (Wildman–Crippen LogP) is 1.41. The fraction of sp³-hybridized carbons (Fsp3) is 0.857. The van der Waals surface area contributed by atoms with Gasteiger partial charge in [0.1, 0.15) is 12.2 Å².